The van der Waals surface area contributed by atoms with E-state index in [0.29, 0.717) is 0 Å². The van der Waals surface area contributed by atoms with E-state index in [-0.39, 0.29) is 0 Å². The van der Waals surface area contributed by atoms with Crippen LogP contribution >= 0.6 is 0 Å². The van der Waals surface area contributed by atoms with Gasteiger partial charge in [-0.25, -0.2) is 9.97 Å². The zero-order valence-electron chi connectivity index (χ0n) is 12.8. The summed E-state index contributed by atoms with van der Waals surface area (Å²) < 4.78 is 0. The van der Waals surface area contributed by atoms with Crippen LogP contribution in [0.3, 0.4) is 0 Å². The maximum Gasteiger partial charge on any atom is 0.133 e. The third-order valence-corrected chi connectivity index (χ3v) is 3.03. The fourth-order valence-corrected chi connectivity index (χ4v) is 1.96. The number of nitrogens with one attached hydrogen (secondary N) is 2. The SMILES string of the molecule is CCCNc1cc(NCc2ccncc2)nc(CCC)n1. The molecule has 0 aliphatic rings. The van der Waals surface area contributed by atoms with Crippen molar-refractivity contribution >= 4 is 11.6 Å². The van der Waals surface area contributed by atoms with Crippen LogP contribution in [-0.2, 0) is 13.0 Å². The first kappa shape index (κ1) is 15.2. The molecule has 2 heterocycles. The molecular formula is C16H23N5. The van der Waals surface area contributed by atoms with Gasteiger partial charge in [0.2, 0.25) is 0 Å². The molecule has 2 aromatic rings. The van der Waals surface area contributed by atoms with Crippen molar-refractivity contribution in [3.05, 3.63) is 42.0 Å². The number of aromatic nitrogens is 3. The second-order valence-electron chi connectivity index (χ2n) is 4.94. The molecule has 0 atom stereocenters. The Hall–Kier alpha value is -2.17. The van der Waals surface area contributed by atoms with Crippen LogP contribution in [0.15, 0.2) is 30.6 Å². The minimum Gasteiger partial charge on any atom is -0.370 e. The van der Waals surface area contributed by atoms with Crippen LogP contribution < -0.4 is 10.6 Å². The predicted molar refractivity (Wildman–Crippen MR) is 86.4 cm³/mol. The molecule has 21 heavy (non-hydrogen) atoms. The quantitative estimate of drug-likeness (QED) is 0.779. The molecule has 5 nitrogen and oxygen atoms in total. The molecule has 2 rings (SSSR count). The highest BCUT2D eigenvalue weighted by Crippen LogP contribution is 2.13. The number of rotatable bonds is 8. The summed E-state index contributed by atoms with van der Waals surface area (Å²) in [4.78, 5) is 13.1. The molecule has 0 fully saturated rings. The number of pyridine rings is 1. The zero-order valence-corrected chi connectivity index (χ0v) is 12.8. The van der Waals surface area contributed by atoms with Gasteiger partial charge in [-0.1, -0.05) is 13.8 Å². The van der Waals surface area contributed by atoms with Crippen molar-refractivity contribution in [3.8, 4) is 0 Å². The molecule has 0 aliphatic carbocycles. The van der Waals surface area contributed by atoms with E-state index in [1.807, 2.05) is 18.2 Å². The van der Waals surface area contributed by atoms with Crippen LogP contribution in [-0.4, -0.2) is 21.5 Å². The van der Waals surface area contributed by atoms with Crippen LogP contribution in [0, 0.1) is 0 Å². The maximum absolute atomic E-state index is 4.57. The predicted octanol–water partition coefficient (Wildman–Crippen LogP) is 3.26. The lowest BCUT2D eigenvalue weighted by Crippen LogP contribution is -2.09. The first-order valence-corrected chi connectivity index (χ1v) is 7.56. The second-order valence-corrected chi connectivity index (χ2v) is 4.94. The van der Waals surface area contributed by atoms with Crippen LogP contribution in [0.1, 0.15) is 38.1 Å². The molecule has 2 aromatic heterocycles. The monoisotopic (exact) mass is 285 g/mol. The summed E-state index contributed by atoms with van der Waals surface area (Å²) in [6.45, 7) is 5.94. The molecule has 0 saturated heterocycles. The number of nitrogens with zero attached hydrogens (tertiary/aromatic N) is 3. The minimum absolute atomic E-state index is 0.734. The summed E-state index contributed by atoms with van der Waals surface area (Å²) in [5.41, 5.74) is 1.18. The van der Waals surface area contributed by atoms with Crippen molar-refractivity contribution in [1.82, 2.24) is 15.0 Å². The molecule has 0 bridgehead atoms. The van der Waals surface area contributed by atoms with Crippen molar-refractivity contribution in [3.63, 3.8) is 0 Å². The Morgan fingerprint density at radius 3 is 2.33 bits per heavy atom. The fraction of sp³-hybridized carbons (Fsp3) is 0.438. The van der Waals surface area contributed by atoms with Gasteiger partial charge in [-0.2, -0.15) is 0 Å². The Kier molecular flexibility index (Phi) is 5.94. The Morgan fingerprint density at radius 2 is 1.67 bits per heavy atom. The van der Waals surface area contributed by atoms with E-state index in [0.717, 1.165) is 49.8 Å². The summed E-state index contributed by atoms with van der Waals surface area (Å²) in [6, 6.07) is 5.96. The summed E-state index contributed by atoms with van der Waals surface area (Å²) in [7, 11) is 0. The smallest absolute Gasteiger partial charge is 0.133 e. The van der Waals surface area contributed by atoms with E-state index in [9.17, 15) is 0 Å². The van der Waals surface area contributed by atoms with Gasteiger partial charge in [0.15, 0.2) is 0 Å². The van der Waals surface area contributed by atoms with Gasteiger partial charge >= 0.3 is 0 Å². The molecule has 0 aromatic carbocycles. The molecule has 112 valence electrons. The lowest BCUT2D eigenvalue weighted by molar-refractivity contribution is 0.831. The van der Waals surface area contributed by atoms with Crippen LogP contribution in [0.2, 0.25) is 0 Å². The van der Waals surface area contributed by atoms with E-state index in [1.54, 1.807) is 12.4 Å². The highest BCUT2D eigenvalue weighted by molar-refractivity contribution is 5.47. The first-order chi connectivity index (χ1) is 10.3. The average molecular weight is 285 g/mol. The topological polar surface area (TPSA) is 62.7 Å². The Bertz CT molecular complexity index is 542. The third-order valence-electron chi connectivity index (χ3n) is 3.03. The first-order valence-electron chi connectivity index (χ1n) is 7.56. The zero-order chi connectivity index (χ0) is 14.9. The summed E-state index contributed by atoms with van der Waals surface area (Å²) >= 11 is 0. The summed E-state index contributed by atoms with van der Waals surface area (Å²) in [5, 5.41) is 6.69. The highest BCUT2D eigenvalue weighted by Gasteiger charge is 2.04. The van der Waals surface area contributed by atoms with Gasteiger partial charge in [-0.3, -0.25) is 4.98 Å². The highest BCUT2D eigenvalue weighted by atomic mass is 15.1. The van der Waals surface area contributed by atoms with Crippen molar-refractivity contribution in [2.75, 3.05) is 17.2 Å². The van der Waals surface area contributed by atoms with Gasteiger partial charge in [0.1, 0.15) is 17.5 Å². The largest absolute Gasteiger partial charge is 0.370 e. The summed E-state index contributed by atoms with van der Waals surface area (Å²) in [5.74, 6) is 2.65. The molecule has 2 N–H and O–H groups in total. The molecular weight excluding hydrogens is 262 g/mol. The van der Waals surface area contributed by atoms with Crippen LogP contribution in [0.25, 0.3) is 0 Å². The van der Waals surface area contributed by atoms with Crippen molar-refractivity contribution in [1.29, 1.82) is 0 Å². The van der Waals surface area contributed by atoms with Gasteiger partial charge in [0.05, 0.1) is 0 Å². The minimum atomic E-state index is 0.734. The third kappa shape index (κ3) is 5.02. The van der Waals surface area contributed by atoms with Crippen molar-refractivity contribution in [2.24, 2.45) is 0 Å². The van der Waals surface area contributed by atoms with Gasteiger partial charge in [0.25, 0.3) is 0 Å². The molecule has 5 heteroatoms. The Labute approximate surface area is 126 Å². The van der Waals surface area contributed by atoms with E-state index in [2.05, 4.69) is 39.4 Å². The van der Waals surface area contributed by atoms with E-state index >= 15 is 0 Å². The molecule has 0 spiro atoms. The van der Waals surface area contributed by atoms with Crippen LogP contribution in [0.4, 0.5) is 11.6 Å². The van der Waals surface area contributed by atoms with Gasteiger partial charge in [0, 0.05) is 38.0 Å². The molecule has 0 saturated carbocycles. The number of anilines is 2. The standard InChI is InChI=1S/C16H23N5/c1-3-5-14-20-15(18-8-4-2)11-16(21-14)19-12-13-6-9-17-10-7-13/h6-7,9-11H,3-5,8,12H2,1-2H3,(H2,18,19,20,21). The fourth-order valence-electron chi connectivity index (χ4n) is 1.96. The number of aryl methyl sites for hydroxylation is 1. The second kappa shape index (κ2) is 8.19. The summed E-state index contributed by atoms with van der Waals surface area (Å²) in [6.07, 6.45) is 6.61. The maximum atomic E-state index is 4.57. The molecule has 0 aliphatic heterocycles. The Balaban J connectivity index is 2.07. The Morgan fingerprint density at radius 1 is 0.952 bits per heavy atom. The molecule has 0 amide bonds. The van der Waals surface area contributed by atoms with E-state index in [4.69, 9.17) is 0 Å². The number of hydrogen-bond donors (Lipinski definition) is 2. The van der Waals surface area contributed by atoms with Gasteiger partial charge in [-0.05, 0) is 30.5 Å². The average Bonchev–Trinajstić information content (AvgIpc) is 2.52. The molecule has 0 radical (unpaired) electrons. The van der Waals surface area contributed by atoms with Crippen molar-refractivity contribution in [2.45, 2.75) is 39.7 Å². The lowest BCUT2D eigenvalue weighted by Gasteiger charge is -2.11. The van der Waals surface area contributed by atoms with Gasteiger partial charge in [-0.15, -0.1) is 0 Å². The number of hydrogen-bond acceptors (Lipinski definition) is 5. The van der Waals surface area contributed by atoms with E-state index in [1.165, 1.54) is 5.56 Å². The van der Waals surface area contributed by atoms with E-state index < -0.39 is 0 Å². The van der Waals surface area contributed by atoms with Crippen molar-refractivity contribution < 1.29 is 0 Å². The van der Waals surface area contributed by atoms with Gasteiger partial charge < -0.3 is 10.6 Å². The van der Waals surface area contributed by atoms with Crippen LogP contribution in [0.5, 0.6) is 0 Å². The molecule has 0 unspecified atom stereocenters. The normalized spacial score (nSPS) is 10.4. The lowest BCUT2D eigenvalue weighted by atomic mass is 10.2.